The molecule has 1 aliphatic rings. The van der Waals surface area contributed by atoms with Crippen LogP contribution in [0.1, 0.15) is 95.8 Å². The summed E-state index contributed by atoms with van der Waals surface area (Å²) in [5.41, 5.74) is 6.09. The fourth-order valence-corrected chi connectivity index (χ4v) is 7.28. The smallest absolute Gasteiger partial charge is 0.136 e. The van der Waals surface area contributed by atoms with Crippen molar-refractivity contribution in [3.8, 4) is 28.4 Å². The van der Waals surface area contributed by atoms with Gasteiger partial charge in [0, 0.05) is 80.5 Å². The number of rotatable bonds is 8. The van der Waals surface area contributed by atoms with Gasteiger partial charge in [0.05, 0.1) is 0 Å². The Kier molecular flexibility index (Phi) is 6.90. The van der Waals surface area contributed by atoms with Crippen LogP contribution < -0.4 is 14.5 Å². The number of aromatic nitrogens is 2. The molecule has 8 aromatic rings. The van der Waals surface area contributed by atoms with E-state index >= 15 is 0 Å². The van der Waals surface area contributed by atoms with E-state index in [0.717, 1.165) is 33.2 Å². The molecule has 0 saturated heterocycles. The molecule has 0 spiro atoms. The first-order valence-corrected chi connectivity index (χ1v) is 18.5. The first-order chi connectivity index (χ1) is 33.1. The molecule has 9 rings (SSSR count). The molecule has 0 fully saturated rings. The number of fused-ring (bicyclic) bond motifs is 4. The summed E-state index contributed by atoms with van der Waals surface area (Å²) in [4.78, 5) is 8.63. The molecule has 3 heterocycles. The normalized spacial score (nSPS) is 17.6. The quantitative estimate of drug-likeness (QED) is 0.142. The average molecular weight is 953 g/mol. The monoisotopic (exact) mass is 952 g/mol. The summed E-state index contributed by atoms with van der Waals surface area (Å²) >= 11 is 0. The Balaban J connectivity index is 0.00000693. The number of hydrogen-bond donors (Lipinski definition) is 0. The average Bonchev–Trinajstić information content (AvgIpc) is 3.85. The van der Waals surface area contributed by atoms with Gasteiger partial charge in [-0.1, -0.05) is 120 Å². The van der Waals surface area contributed by atoms with Crippen LogP contribution in [0.15, 0.2) is 140 Å². The van der Waals surface area contributed by atoms with Crippen molar-refractivity contribution in [3.63, 3.8) is 0 Å². The summed E-state index contributed by atoms with van der Waals surface area (Å²) in [5, 5.41) is 1.84. The Morgan fingerprint density at radius 1 is 0.672 bits per heavy atom. The zero-order valence-electron chi connectivity index (χ0n) is 45.9. The molecule has 294 valence electrons. The number of benzene rings is 6. The molecule has 1 aliphatic heterocycles. The Morgan fingerprint density at radius 3 is 2.05 bits per heavy atom. The molecule has 6 aromatic carbocycles. The van der Waals surface area contributed by atoms with E-state index in [1.165, 1.54) is 24.3 Å². The van der Waals surface area contributed by atoms with Crippen molar-refractivity contribution in [1.82, 2.24) is 9.55 Å². The molecule has 0 N–H and O–H groups in total. The zero-order valence-corrected chi connectivity index (χ0v) is 34.1. The summed E-state index contributed by atoms with van der Waals surface area (Å²) in [6.07, 6.45) is 1.65. The molecule has 0 amide bonds. The number of anilines is 4. The van der Waals surface area contributed by atoms with Crippen LogP contribution in [0.4, 0.5) is 22.7 Å². The first-order valence-electron chi connectivity index (χ1n) is 25.5. The molecule has 2 aromatic heterocycles. The Morgan fingerprint density at radius 2 is 1.34 bits per heavy atom. The maximum Gasteiger partial charge on any atom is 0.136 e. The van der Waals surface area contributed by atoms with Crippen LogP contribution in [-0.4, -0.2) is 9.55 Å². The number of nitrogens with zero attached hydrogens (tertiary/aromatic N) is 4. The minimum Gasteiger partial charge on any atom is -0.509 e. The number of para-hydroxylation sites is 3. The predicted molar refractivity (Wildman–Crippen MR) is 237 cm³/mol. The minimum atomic E-state index is -3.11. The van der Waals surface area contributed by atoms with Gasteiger partial charge in [-0.05, 0) is 87.3 Å². The van der Waals surface area contributed by atoms with Crippen LogP contribution in [0.5, 0.6) is 11.5 Å². The molecule has 0 bridgehead atoms. The summed E-state index contributed by atoms with van der Waals surface area (Å²) in [6, 6.07) is 46.0. The first kappa shape index (κ1) is 25.7. The maximum absolute atomic E-state index is 8.67. The maximum atomic E-state index is 8.67. The van der Waals surface area contributed by atoms with Gasteiger partial charge in [-0.2, -0.15) is 6.07 Å². The Hall–Kier alpha value is -5.64. The van der Waals surface area contributed by atoms with Gasteiger partial charge in [0.25, 0.3) is 0 Å². The minimum absolute atomic E-state index is 0. The molecule has 0 saturated carbocycles. The Bertz CT molecular complexity index is 3270. The molecule has 6 heteroatoms. The van der Waals surface area contributed by atoms with E-state index in [1.54, 1.807) is 36.5 Å². The van der Waals surface area contributed by atoms with Gasteiger partial charge in [-0.25, -0.2) is 4.98 Å². The third-order valence-electron chi connectivity index (χ3n) is 10.3. The summed E-state index contributed by atoms with van der Waals surface area (Å²) in [6.45, 7) is -4.29. The molecule has 58 heavy (non-hydrogen) atoms. The van der Waals surface area contributed by atoms with Crippen LogP contribution in [0, 0.1) is 18.8 Å². The third kappa shape index (κ3) is 7.33. The van der Waals surface area contributed by atoms with Crippen LogP contribution in [0.25, 0.3) is 38.8 Å². The molecule has 0 unspecified atom stereocenters. The van der Waals surface area contributed by atoms with E-state index < -0.39 is 39.2 Å². The van der Waals surface area contributed by atoms with Gasteiger partial charge >= 0.3 is 0 Å². The van der Waals surface area contributed by atoms with Gasteiger partial charge in [-0.3, -0.25) is 0 Å². The van der Waals surface area contributed by atoms with Crippen molar-refractivity contribution in [1.29, 1.82) is 0 Å². The van der Waals surface area contributed by atoms with Gasteiger partial charge in [0.15, 0.2) is 0 Å². The summed E-state index contributed by atoms with van der Waals surface area (Å²) in [7, 11) is 0. The third-order valence-corrected chi connectivity index (χ3v) is 10.3. The van der Waals surface area contributed by atoms with E-state index in [9.17, 15) is 0 Å². The van der Waals surface area contributed by atoms with E-state index in [2.05, 4.69) is 32.9 Å². The topological polar surface area (TPSA) is 33.5 Å². The van der Waals surface area contributed by atoms with Gasteiger partial charge in [-0.15, -0.1) is 53.6 Å². The fraction of sp³-hybridized carbons (Fsp3) is 0.192. The molecular formula is C52H47N4OPt-3. The predicted octanol–water partition coefficient (Wildman–Crippen LogP) is 14.2. The summed E-state index contributed by atoms with van der Waals surface area (Å²) in [5.74, 6) is -4.29. The second-order valence-corrected chi connectivity index (χ2v) is 15.0. The Labute approximate surface area is 376 Å². The van der Waals surface area contributed by atoms with Crippen LogP contribution >= 0.6 is 0 Å². The van der Waals surface area contributed by atoms with Crippen LogP contribution in [0.2, 0.25) is 0 Å². The van der Waals surface area contributed by atoms with Crippen LogP contribution in [-0.2, 0) is 26.5 Å². The number of ether oxygens (including phenoxy) is 1. The SMILES string of the molecule is [2H]C([2H])([2H])C([2H])(c1ccc(-c2ccnc(-n3c4[c-]c(Oc5[c-]c(N6[CH-]N(c7ccc(C([2H])(C([2H])([2H])[2H])C([2H])([2H])[2H])cc7)c7ccccc76)cc(C(C)(C)C)c5)ccc4c4ccccc43)c2)cc1)C([2H])([2H])[2H].[Pt]. The standard InChI is InChI=1S/C52H47N4O.Pt/c1-34(2)36-16-18-38(19-17-36)39-26-27-53-51(28-39)56-47-13-9-8-12-45(47)46-25-24-43(32-50(46)56)57-44-30-40(52(5,6)7)29-42(31-44)55-33-54(48-14-10-11-15-49(48)55)41-22-20-37(21-23-41)35(3)4;/h8-30,33-35H,1-7H3;/q-3;/i1D3,2D3,3D3,4D3,34D,35D;. The largest absolute Gasteiger partial charge is 0.509 e. The van der Waals surface area contributed by atoms with Crippen molar-refractivity contribution < 1.29 is 45.0 Å². The molecule has 0 atom stereocenters. The summed E-state index contributed by atoms with van der Waals surface area (Å²) < 4.78 is 121. The molecule has 5 nitrogen and oxygen atoms in total. The van der Waals surface area contributed by atoms with Crippen molar-refractivity contribution in [3.05, 3.63) is 175 Å². The van der Waals surface area contributed by atoms with Crippen molar-refractivity contribution in [2.24, 2.45) is 0 Å². The van der Waals surface area contributed by atoms with E-state index in [0.29, 0.717) is 45.3 Å². The van der Waals surface area contributed by atoms with Gasteiger partial charge < -0.3 is 19.1 Å². The molecular weight excluding hydrogens is 892 g/mol. The van der Waals surface area contributed by atoms with E-state index in [4.69, 9.17) is 28.9 Å². The van der Waals surface area contributed by atoms with E-state index in [-0.39, 0.29) is 37.6 Å². The number of pyridine rings is 1. The molecule has 0 aliphatic carbocycles. The van der Waals surface area contributed by atoms with Gasteiger partial charge in [0.2, 0.25) is 0 Å². The zero-order chi connectivity index (χ0) is 51.3. The van der Waals surface area contributed by atoms with Crippen LogP contribution in [0.3, 0.4) is 0 Å². The van der Waals surface area contributed by atoms with Crippen molar-refractivity contribution in [2.45, 2.75) is 65.4 Å². The second kappa shape index (κ2) is 15.6. The number of hydrogen-bond acceptors (Lipinski definition) is 4. The van der Waals surface area contributed by atoms with Crippen molar-refractivity contribution >= 4 is 44.6 Å². The van der Waals surface area contributed by atoms with Gasteiger partial charge in [0.1, 0.15) is 5.82 Å². The van der Waals surface area contributed by atoms with Crippen molar-refractivity contribution in [2.75, 3.05) is 9.80 Å². The molecule has 0 radical (unpaired) electrons. The fourth-order valence-electron chi connectivity index (χ4n) is 7.28. The van der Waals surface area contributed by atoms with E-state index in [1.807, 2.05) is 99.9 Å². The second-order valence-electron chi connectivity index (χ2n) is 15.0.